The third-order valence-electron chi connectivity index (χ3n) is 2.78. The predicted octanol–water partition coefficient (Wildman–Crippen LogP) is 2.54. The summed E-state index contributed by atoms with van der Waals surface area (Å²) in [7, 11) is 0. The summed E-state index contributed by atoms with van der Waals surface area (Å²) in [6.07, 6.45) is 6.58. The summed E-state index contributed by atoms with van der Waals surface area (Å²) in [5.74, 6) is 0.789. The van der Waals surface area contributed by atoms with E-state index >= 15 is 0 Å². The van der Waals surface area contributed by atoms with Crippen LogP contribution < -0.4 is 0 Å². The van der Waals surface area contributed by atoms with Gasteiger partial charge in [-0.05, 0) is 37.0 Å². The molecule has 1 rings (SSSR count). The fourth-order valence-corrected chi connectivity index (χ4v) is 2.12. The summed E-state index contributed by atoms with van der Waals surface area (Å²) in [5.41, 5.74) is 0.523. The van der Waals surface area contributed by atoms with Gasteiger partial charge in [0.2, 0.25) is 6.08 Å². The maximum absolute atomic E-state index is 9.81. The lowest BCUT2D eigenvalue weighted by molar-refractivity contribution is 0.355. The molecule has 1 atom stereocenters. The first kappa shape index (κ1) is 9.47. The molecule has 1 unspecified atom stereocenters. The lowest BCUT2D eigenvalue weighted by atomic mass is 9.90. The maximum atomic E-state index is 9.81. The number of rotatable bonds is 3. The maximum Gasteiger partial charge on any atom is 0.234 e. The molecule has 0 aromatic heterocycles. The SMILES string of the molecule is CC1(C)CCC(CCN=C=O)C1. The van der Waals surface area contributed by atoms with Crippen LogP contribution in [0.15, 0.2) is 4.99 Å². The molecule has 2 nitrogen and oxygen atoms in total. The Labute approximate surface area is 74.1 Å². The van der Waals surface area contributed by atoms with E-state index in [9.17, 15) is 4.79 Å². The Morgan fingerprint density at radius 1 is 1.58 bits per heavy atom. The van der Waals surface area contributed by atoms with Crippen LogP contribution in [-0.4, -0.2) is 12.6 Å². The summed E-state index contributed by atoms with van der Waals surface area (Å²) in [6, 6.07) is 0. The molecule has 0 bridgehead atoms. The van der Waals surface area contributed by atoms with Crippen molar-refractivity contribution in [2.45, 2.75) is 39.5 Å². The molecule has 1 aliphatic carbocycles. The number of aliphatic imine (C=N–C) groups is 1. The van der Waals surface area contributed by atoms with E-state index in [-0.39, 0.29) is 0 Å². The van der Waals surface area contributed by atoms with Gasteiger partial charge in [-0.1, -0.05) is 13.8 Å². The average Bonchev–Trinajstić information content (AvgIpc) is 2.31. The Morgan fingerprint density at radius 3 is 2.83 bits per heavy atom. The topological polar surface area (TPSA) is 29.4 Å². The van der Waals surface area contributed by atoms with Gasteiger partial charge in [-0.15, -0.1) is 0 Å². The highest BCUT2D eigenvalue weighted by atomic mass is 16.1. The minimum absolute atomic E-state index is 0.523. The van der Waals surface area contributed by atoms with Crippen molar-refractivity contribution >= 4 is 6.08 Å². The Hall–Kier alpha value is -0.620. The van der Waals surface area contributed by atoms with Gasteiger partial charge < -0.3 is 0 Å². The summed E-state index contributed by atoms with van der Waals surface area (Å²) < 4.78 is 0. The van der Waals surface area contributed by atoms with E-state index in [1.807, 2.05) is 0 Å². The third kappa shape index (κ3) is 2.78. The van der Waals surface area contributed by atoms with E-state index in [4.69, 9.17) is 0 Å². The normalized spacial score (nSPS) is 26.7. The van der Waals surface area contributed by atoms with Gasteiger partial charge in [0, 0.05) is 0 Å². The monoisotopic (exact) mass is 167 g/mol. The van der Waals surface area contributed by atoms with Crippen molar-refractivity contribution in [3.8, 4) is 0 Å². The number of hydrogen-bond acceptors (Lipinski definition) is 2. The molecule has 68 valence electrons. The standard InChI is InChI=1S/C10H17NO/c1-10(2)5-3-9(7-10)4-6-11-8-12/h9H,3-7H2,1-2H3. The van der Waals surface area contributed by atoms with Crippen LogP contribution in [0, 0.1) is 11.3 Å². The number of hydrogen-bond donors (Lipinski definition) is 0. The van der Waals surface area contributed by atoms with Crippen LogP contribution in [0.3, 0.4) is 0 Å². The molecule has 0 spiro atoms. The van der Waals surface area contributed by atoms with Gasteiger partial charge in [0.15, 0.2) is 0 Å². The average molecular weight is 167 g/mol. The van der Waals surface area contributed by atoms with Crippen LogP contribution in [0.1, 0.15) is 39.5 Å². The zero-order valence-corrected chi connectivity index (χ0v) is 7.97. The molecular formula is C10H17NO. The lowest BCUT2D eigenvalue weighted by Gasteiger charge is -2.16. The molecule has 0 aromatic rings. The summed E-state index contributed by atoms with van der Waals surface area (Å²) >= 11 is 0. The molecule has 1 saturated carbocycles. The third-order valence-corrected chi connectivity index (χ3v) is 2.78. The fraction of sp³-hybridized carbons (Fsp3) is 0.900. The van der Waals surface area contributed by atoms with E-state index in [1.165, 1.54) is 19.3 Å². The zero-order chi connectivity index (χ0) is 9.03. The van der Waals surface area contributed by atoms with Crippen molar-refractivity contribution in [3.63, 3.8) is 0 Å². The number of isocyanates is 1. The summed E-state index contributed by atoms with van der Waals surface area (Å²) in [5, 5.41) is 0. The van der Waals surface area contributed by atoms with E-state index in [0.717, 1.165) is 12.3 Å². The van der Waals surface area contributed by atoms with E-state index < -0.39 is 0 Å². The van der Waals surface area contributed by atoms with Gasteiger partial charge in [0.1, 0.15) is 0 Å². The van der Waals surface area contributed by atoms with Gasteiger partial charge >= 0.3 is 0 Å². The quantitative estimate of drug-likeness (QED) is 0.469. The second kappa shape index (κ2) is 3.86. The molecule has 0 radical (unpaired) electrons. The highest BCUT2D eigenvalue weighted by molar-refractivity contribution is 5.32. The highest BCUT2D eigenvalue weighted by Crippen LogP contribution is 2.42. The second-order valence-corrected chi connectivity index (χ2v) is 4.53. The van der Waals surface area contributed by atoms with Crippen molar-refractivity contribution < 1.29 is 4.79 Å². The fourth-order valence-electron chi connectivity index (χ4n) is 2.12. The Bertz CT molecular complexity index is 192. The van der Waals surface area contributed by atoms with Crippen molar-refractivity contribution in [3.05, 3.63) is 0 Å². The Morgan fingerprint density at radius 2 is 2.33 bits per heavy atom. The highest BCUT2D eigenvalue weighted by Gasteiger charge is 2.30. The molecule has 0 N–H and O–H groups in total. The molecular weight excluding hydrogens is 150 g/mol. The molecule has 0 aromatic carbocycles. The molecule has 0 aliphatic heterocycles. The minimum Gasteiger partial charge on any atom is -0.211 e. The number of carbonyl (C=O) groups excluding carboxylic acids is 1. The zero-order valence-electron chi connectivity index (χ0n) is 7.97. The van der Waals surface area contributed by atoms with Crippen LogP contribution in [-0.2, 0) is 4.79 Å². The number of nitrogens with zero attached hydrogens (tertiary/aromatic N) is 1. The van der Waals surface area contributed by atoms with Crippen molar-refractivity contribution in [2.75, 3.05) is 6.54 Å². The molecule has 0 heterocycles. The van der Waals surface area contributed by atoms with Crippen LogP contribution in [0.25, 0.3) is 0 Å². The smallest absolute Gasteiger partial charge is 0.211 e. The van der Waals surface area contributed by atoms with Gasteiger partial charge in [-0.3, -0.25) is 0 Å². The molecule has 0 amide bonds. The van der Waals surface area contributed by atoms with E-state index in [2.05, 4.69) is 18.8 Å². The van der Waals surface area contributed by atoms with Gasteiger partial charge in [0.05, 0.1) is 6.54 Å². The van der Waals surface area contributed by atoms with Crippen LogP contribution >= 0.6 is 0 Å². The molecule has 0 saturated heterocycles. The summed E-state index contributed by atoms with van der Waals surface area (Å²) in [4.78, 5) is 13.4. The van der Waals surface area contributed by atoms with Gasteiger partial charge in [-0.25, -0.2) is 9.79 Å². The van der Waals surface area contributed by atoms with Crippen LogP contribution in [0.5, 0.6) is 0 Å². The minimum atomic E-state index is 0.523. The molecule has 1 aliphatic rings. The Kier molecular flexibility index (Phi) is 3.05. The Balaban J connectivity index is 2.24. The summed E-state index contributed by atoms with van der Waals surface area (Å²) in [6.45, 7) is 5.30. The first-order valence-corrected chi connectivity index (χ1v) is 4.68. The van der Waals surface area contributed by atoms with Crippen molar-refractivity contribution in [1.82, 2.24) is 0 Å². The molecule has 12 heavy (non-hydrogen) atoms. The van der Waals surface area contributed by atoms with Crippen molar-refractivity contribution in [2.24, 2.45) is 16.3 Å². The van der Waals surface area contributed by atoms with Gasteiger partial charge in [0.25, 0.3) is 0 Å². The van der Waals surface area contributed by atoms with Crippen molar-refractivity contribution in [1.29, 1.82) is 0 Å². The lowest BCUT2D eigenvalue weighted by Crippen LogP contribution is -2.05. The van der Waals surface area contributed by atoms with Crippen LogP contribution in [0.2, 0.25) is 0 Å². The van der Waals surface area contributed by atoms with E-state index in [1.54, 1.807) is 6.08 Å². The first-order chi connectivity index (χ1) is 5.64. The molecule has 1 fully saturated rings. The van der Waals surface area contributed by atoms with Crippen LogP contribution in [0.4, 0.5) is 0 Å². The largest absolute Gasteiger partial charge is 0.234 e. The second-order valence-electron chi connectivity index (χ2n) is 4.53. The first-order valence-electron chi connectivity index (χ1n) is 4.68. The predicted molar refractivity (Wildman–Crippen MR) is 48.7 cm³/mol. The molecule has 2 heteroatoms. The van der Waals surface area contributed by atoms with Gasteiger partial charge in [-0.2, -0.15) is 0 Å². The van der Waals surface area contributed by atoms with E-state index in [0.29, 0.717) is 12.0 Å².